The molecule has 0 amide bonds. The average molecular weight is 239 g/mol. The molecular weight excluding hydrogens is 218 g/mol. The first kappa shape index (κ1) is 13.6. The smallest absolute Gasteiger partial charge is 0.199 e. The molecular formula is C13H21NO3. The zero-order chi connectivity index (χ0) is 13.0. The summed E-state index contributed by atoms with van der Waals surface area (Å²) in [5.74, 6) is 2.17. The van der Waals surface area contributed by atoms with Gasteiger partial charge in [0.1, 0.15) is 5.76 Å². The highest BCUT2D eigenvalue weighted by molar-refractivity contribution is 5.41. The van der Waals surface area contributed by atoms with Gasteiger partial charge < -0.3 is 19.1 Å². The molecule has 0 heterocycles. The van der Waals surface area contributed by atoms with Gasteiger partial charge in [0.05, 0.1) is 27.2 Å². The van der Waals surface area contributed by atoms with Crippen molar-refractivity contribution >= 4 is 0 Å². The van der Waals surface area contributed by atoms with Crippen molar-refractivity contribution in [1.82, 2.24) is 4.90 Å². The van der Waals surface area contributed by atoms with Crippen molar-refractivity contribution in [3.8, 4) is 0 Å². The summed E-state index contributed by atoms with van der Waals surface area (Å²) in [7, 11) is 8.90. The van der Waals surface area contributed by atoms with E-state index < -0.39 is 0 Å². The molecule has 0 spiro atoms. The van der Waals surface area contributed by atoms with E-state index in [0.29, 0.717) is 11.5 Å². The van der Waals surface area contributed by atoms with Gasteiger partial charge in [-0.05, 0) is 25.7 Å². The third kappa shape index (κ3) is 2.82. The third-order valence-corrected chi connectivity index (χ3v) is 2.72. The maximum atomic E-state index is 5.46. The van der Waals surface area contributed by atoms with Gasteiger partial charge in [0.25, 0.3) is 0 Å². The van der Waals surface area contributed by atoms with Crippen LogP contribution in [0, 0.1) is 5.92 Å². The minimum absolute atomic E-state index is 0.101. The summed E-state index contributed by atoms with van der Waals surface area (Å²) in [4.78, 5) is 2.09. The summed E-state index contributed by atoms with van der Waals surface area (Å²) in [6.07, 6.45) is 1.90. The van der Waals surface area contributed by atoms with Gasteiger partial charge in [-0.2, -0.15) is 0 Å². The monoisotopic (exact) mass is 239 g/mol. The molecule has 0 saturated heterocycles. The van der Waals surface area contributed by atoms with Crippen LogP contribution in [0.15, 0.2) is 35.5 Å². The lowest BCUT2D eigenvalue weighted by atomic mass is 9.91. The third-order valence-electron chi connectivity index (χ3n) is 2.72. The highest BCUT2D eigenvalue weighted by Gasteiger charge is 2.30. The Kier molecular flexibility index (Phi) is 4.63. The summed E-state index contributed by atoms with van der Waals surface area (Å²) in [6.45, 7) is 4.88. The summed E-state index contributed by atoms with van der Waals surface area (Å²) < 4.78 is 16.1. The van der Waals surface area contributed by atoms with Crippen molar-refractivity contribution in [2.24, 2.45) is 5.92 Å². The van der Waals surface area contributed by atoms with E-state index in [1.807, 2.05) is 20.2 Å². The van der Waals surface area contributed by atoms with E-state index in [1.165, 1.54) is 0 Å². The predicted molar refractivity (Wildman–Crippen MR) is 67.3 cm³/mol. The zero-order valence-corrected chi connectivity index (χ0v) is 11.2. The zero-order valence-electron chi connectivity index (χ0n) is 11.2. The largest absolute Gasteiger partial charge is 0.496 e. The standard InChI is InChI=1S/C13H21NO3/c1-9-7-11(15-4)13(17-6)12(16-5)10(9)8-14(2)3/h7,10H,1,8H2,2-6H3. The van der Waals surface area contributed by atoms with Gasteiger partial charge in [0, 0.05) is 6.54 Å². The molecule has 1 rings (SSSR count). The Morgan fingerprint density at radius 2 is 1.82 bits per heavy atom. The number of allylic oxidation sites excluding steroid dienone is 1. The topological polar surface area (TPSA) is 30.9 Å². The molecule has 0 aromatic rings. The van der Waals surface area contributed by atoms with E-state index in [2.05, 4.69) is 11.5 Å². The SMILES string of the molecule is C=C1C=C(OC)C(OC)=C(OC)C1CN(C)C. The van der Waals surface area contributed by atoms with Gasteiger partial charge in [-0.3, -0.25) is 0 Å². The van der Waals surface area contributed by atoms with Crippen LogP contribution in [0.1, 0.15) is 0 Å². The van der Waals surface area contributed by atoms with E-state index in [-0.39, 0.29) is 5.92 Å². The molecule has 0 saturated carbocycles. The van der Waals surface area contributed by atoms with Crippen LogP contribution in [0.3, 0.4) is 0 Å². The Balaban J connectivity index is 3.13. The summed E-state index contributed by atoms with van der Waals surface area (Å²) >= 11 is 0. The lowest BCUT2D eigenvalue weighted by Gasteiger charge is -2.29. The van der Waals surface area contributed by atoms with Crippen molar-refractivity contribution < 1.29 is 14.2 Å². The van der Waals surface area contributed by atoms with Crippen molar-refractivity contribution in [3.63, 3.8) is 0 Å². The van der Waals surface area contributed by atoms with Crippen molar-refractivity contribution in [2.45, 2.75) is 0 Å². The summed E-state index contributed by atoms with van der Waals surface area (Å²) in [5, 5.41) is 0. The summed E-state index contributed by atoms with van der Waals surface area (Å²) in [6, 6.07) is 0. The first-order valence-electron chi connectivity index (χ1n) is 5.46. The lowest BCUT2D eigenvalue weighted by molar-refractivity contribution is 0.157. The second kappa shape index (κ2) is 5.77. The number of rotatable bonds is 5. The fourth-order valence-corrected chi connectivity index (χ4v) is 1.94. The molecule has 1 atom stereocenters. The van der Waals surface area contributed by atoms with E-state index in [4.69, 9.17) is 14.2 Å². The van der Waals surface area contributed by atoms with E-state index in [0.717, 1.165) is 17.9 Å². The number of ether oxygens (including phenoxy) is 3. The van der Waals surface area contributed by atoms with Crippen LogP contribution in [-0.4, -0.2) is 46.9 Å². The first-order chi connectivity index (χ1) is 8.04. The van der Waals surface area contributed by atoms with E-state index in [1.54, 1.807) is 21.3 Å². The predicted octanol–water partition coefficient (Wildman–Crippen LogP) is 1.77. The van der Waals surface area contributed by atoms with Crippen molar-refractivity contribution in [1.29, 1.82) is 0 Å². The molecule has 17 heavy (non-hydrogen) atoms. The van der Waals surface area contributed by atoms with Gasteiger partial charge in [-0.25, -0.2) is 0 Å². The molecule has 4 nitrogen and oxygen atoms in total. The molecule has 0 bridgehead atoms. The highest BCUT2D eigenvalue weighted by atomic mass is 16.5. The molecule has 4 heteroatoms. The minimum atomic E-state index is 0.101. The van der Waals surface area contributed by atoms with Gasteiger partial charge in [0.15, 0.2) is 11.5 Å². The van der Waals surface area contributed by atoms with Gasteiger partial charge in [-0.1, -0.05) is 6.58 Å². The molecule has 0 aromatic carbocycles. The van der Waals surface area contributed by atoms with Gasteiger partial charge >= 0.3 is 0 Å². The lowest BCUT2D eigenvalue weighted by Crippen LogP contribution is -2.28. The fourth-order valence-electron chi connectivity index (χ4n) is 1.94. The second-order valence-corrected chi connectivity index (χ2v) is 4.20. The van der Waals surface area contributed by atoms with Crippen LogP contribution in [-0.2, 0) is 14.2 Å². The van der Waals surface area contributed by atoms with Crippen LogP contribution in [0.4, 0.5) is 0 Å². The molecule has 1 aliphatic carbocycles. The minimum Gasteiger partial charge on any atom is -0.496 e. The number of hydrogen-bond donors (Lipinski definition) is 0. The molecule has 0 aliphatic heterocycles. The van der Waals surface area contributed by atoms with Crippen LogP contribution in [0.2, 0.25) is 0 Å². The van der Waals surface area contributed by atoms with E-state index >= 15 is 0 Å². The first-order valence-corrected chi connectivity index (χ1v) is 5.46. The maximum Gasteiger partial charge on any atom is 0.199 e. The number of nitrogens with zero attached hydrogens (tertiary/aromatic N) is 1. The van der Waals surface area contributed by atoms with Crippen LogP contribution >= 0.6 is 0 Å². The highest BCUT2D eigenvalue weighted by Crippen LogP contribution is 2.34. The molecule has 96 valence electrons. The summed E-state index contributed by atoms with van der Waals surface area (Å²) in [5.41, 5.74) is 0.966. The van der Waals surface area contributed by atoms with Crippen LogP contribution in [0.25, 0.3) is 0 Å². The molecule has 0 aromatic heterocycles. The van der Waals surface area contributed by atoms with Crippen molar-refractivity contribution in [3.05, 3.63) is 35.5 Å². The second-order valence-electron chi connectivity index (χ2n) is 4.20. The molecule has 0 radical (unpaired) electrons. The molecule has 1 unspecified atom stereocenters. The Hall–Kier alpha value is -1.42. The van der Waals surface area contributed by atoms with Crippen molar-refractivity contribution in [2.75, 3.05) is 42.0 Å². The molecule has 0 fully saturated rings. The number of hydrogen-bond acceptors (Lipinski definition) is 4. The quantitative estimate of drug-likeness (QED) is 0.731. The Labute approximate surface area is 103 Å². The maximum absolute atomic E-state index is 5.46. The Morgan fingerprint density at radius 1 is 1.18 bits per heavy atom. The fraction of sp³-hybridized carbons (Fsp3) is 0.538. The van der Waals surface area contributed by atoms with Gasteiger partial charge in [0.2, 0.25) is 0 Å². The average Bonchev–Trinajstić information content (AvgIpc) is 2.30. The Morgan fingerprint density at radius 3 is 2.24 bits per heavy atom. The number of methoxy groups -OCH3 is 3. The normalized spacial score (nSPS) is 20.5. The Bertz CT molecular complexity index is 356. The van der Waals surface area contributed by atoms with Crippen LogP contribution in [0.5, 0.6) is 0 Å². The van der Waals surface area contributed by atoms with Crippen LogP contribution < -0.4 is 0 Å². The molecule has 1 aliphatic rings. The van der Waals surface area contributed by atoms with E-state index in [9.17, 15) is 0 Å². The van der Waals surface area contributed by atoms with Gasteiger partial charge in [-0.15, -0.1) is 0 Å². The molecule has 0 N–H and O–H groups in total.